The van der Waals surface area contributed by atoms with E-state index in [9.17, 15) is 5.21 Å². The van der Waals surface area contributed by atoms with E-state index in [0.29, 0.717) is 17.7 Å². The lowest BCUT2D eigenvalue weighted by atomic mass is 10.00. The molecule has 0 aliphatic heterocycles. The number of halogens is 2. The zero-order chi connectivity index (χ0) is 14.5. The van der Waals surface area contributed by atoms with Gasteiger partial charge in [0.25, 0.3) is 0 Å². The van der Waals surface area contributed by atoms with Crippen LogP contribution in [0.2, 0.25) is 10.3 Å². The predicted molar refractivity (Wildman–Crippen MR) is 82.1 cm³/mol. The molecule has 0 atom stereocenters. The van der Waals surface area contributed by atoms with Crippen LogP contribution in [0.4, 0.5) is 0 Å². The Morgan fingerprint density at radius 3 is 2.45 bits per heavy atom. The number of pyridine rings is 1. The first-order valence-electron chi connectivity index (χ1n) is 6.19. The van der Waals surface area contributed by atoms with Gasteiger partial charge in [-0.25, -0.2) is 4.98 Å². The van der Waals surface area contributed by atoms with Gasteiger partial charge in [0.1, 0.15) is 10.3 Å². The minimum atomic E-state index is 0.282. The van der Waals surface area contributed by atoms with E-state index in [4.69, 9.17) is 23.2 Å². The number of aryl methyl sites for hydroxylation is 2. The van der Waals surface area contributed by atoms with Crippen LogP contribution in [0, 0.1) is 6.92 Å². The number of oxime groups is 1. The van der Waals surface area contributed by atoms with Crippen LogP contribution in [-0.2, 0) is 6.42 Å². The zero-order valence-electron chi connectivity index (χ0n) is 11.0. The van der Waals surface area contributed by atoms with E-state index in [0.717, 1.165) is 6.42 Å². The van der Waals surface area contributed by atoms with E-state index in [1.54, 1.807) is 12.1 Å². The third kappa shape index (κ3) is 3.71. The number of nitrogens with zero attached hydrogens (tertiary/aromatic N) is 2. The largest absolute Gasteiger partial charge is 0.411 e. The molecule has 0 saturated heterocycles. The normalized spacial score (nSPS) is 11.7. The van der Waals surface area contributed by atoms with Crippen molar-refractivity contribution in [3.8, 4) is 0 Å². The predicted octanol–water partition coefficient (Wildman–Crippen LogP) is 4.51. The summed E-state index contributed by atoms with van der Waals surface area (Å²) in [7, 11) is 0. The second-order valence-corrected chi connectivity index (χ2v) is 5.25. The number of hydrogen-bond donors (Lipinski definition) is 1. The molecule has 0 spiro atoms. The summed E-state index contributed by atoms with van der Waals surface area (Å²) in [5, 5.41) is 13.1. The summed E-state index contributed by atoms with van der Waals surface area (Å²) >= 11 is 11.7. The molecular formula is C15H14Cl2N2O. The highest BCUT2D eigenvalue weighted by molar-refractivity contribution is 6.33. The molecule has 0 radical (unpaired) electrons. The molecule has 20 heavy (non-hydrogen) atoms. The zero-order valence-corrected chi connectivity index (χ0v) is 12.5. The van der Waals surface area contributed by atoms with Crippen LogP contribution in [-0.4, -0.2) is 15.9 Å². The Hall–Kier alpha value is -1.58. The molecular weight excluding hydrogens is 295 g/mol. The Morgan fingerprint density at radius 1 is 1.20 bits per heavy atom. The summed E-state index contributed by atoms with van der Waals surface area (Å²) in [6.07, 6.45) is 1.38. The topological polar surface area (TPSA) is 45.5 Å². The van der Waals surface area contributed by atoms with Gasteiger partial charge in [-0.1, -0.05) is 52.6 Å². The first kappa shape index (κ1) is 14.8. The van der Waals surface area contributed by atoms with Crippen molar-refractivity contribution in [2.24, 2.45) is 5.16 Å². The van der Waals surface area contributed by atoms with Crippen LogP contribution in [0.5, 0.6) is 0 Å². The molecule has 1 heterocycles. The van der Waals surface area contributed by atoms with Crippen LogP contribution in [0.3, 0.4) is 0 Å². The lowest BCUT2D eigenvalue weighted by Crippen LogP contribution is -2.04. The standard InChI is InChI=1S/C15H14Cl2N2O/c1-10-4-2-3-5-11(10)6-7-13(19-20)12-8-14(16)18-15(17)9-12/h2-5,8-9,20H,6-7H2,1H3. The van der Waals surface area contributed by atoms with Crippen LogP contribution in [0.15, 0.2) is 41.6 Å². The van der Waals surface area contributed by atoms with Gasteiger partial charge in [-0.15, -0.1) is 0 Å². The fourth-order valence-electron chi connectivity index (χ4n) is 2.03. The molecule has 0 amide bonds. The minimum absolute atomic E-state index is 0.282. The highest BCUT2D eigenvalue weighted by Gasteiger charge is 2.09. The molecule has 5 heteroatoms. The van der Waals surface area contributed by atoms with Gasteiger partial charge in [0.05, 0.1) is 5.71 Å². The molecule has 2 rings (SSSR count). The van der Waals surface area contributed by atoms with E-state index >= 15 is 0 Å². The number of benzene rings is 1. The Bertz CT molecular complexity index is 621. The Kier molecular flexibility index (Phi) is 4.99. The van der Waals surface area contributed by atoms with E-state index < -0.39 is 0 Å². The van der Waals surface area contributed by atoms with Gasteiger partial charge in [0.15, 0.2) is 0 Å². The monoisotopic (exact) mass is 308 g/mol. The molecule has 1 aromatic carbocycles. The number of aromatic nitrogens is 1. The second-order valence-electron chi connectivity index (χ2n) is 4.47. The maximum Gasteiger partial charge on any atom is 0.131 e. The van der Waals surface area contributed by atoms with Crippen molar-refractivity contribution in [3.63, 3.8) is 0 Å². The van der Waals surface area contributed by atoms with E-state index in [2.05, 4.69) is 29.2 Å². The van der Waals surface area contributed by atoms with Crippen molar-refractivity contribution in [1.29, 1.82) is 0 Å². The van der Waals surface area contributed by atoms with Crippen molar-refractivity contribution in [2.75, 3.05) is 0 Å². The van der Waals surface area contributed by atoms with E-state index in [1.807, 2.05) is 12.1 Å². The molecule has 104 valence electrons. The highest BCUT2D eigenvalue weighted by Crippen LogP contribution is 2.18. The van der Waals surface area contributed by atoms with Gasteiger partial charge in [-0.2, -0.15) is 0 Å². The molecule has 0 saturated carbocycles. The molecule has 1 aromatic heterocycles. The van der Waals surface area contributed by atoms with Gasteiger partial charge in [0.2, 0.25) is 0 Å². The first-order valence-corrected chi connectivity index (χ1v) is 6.94. The summed E-state index contributed by atoms with van der Waals surface area (Å²) in [5.41, 5.74) is 3.67. The van der Waals surface area contributed by atoms with Crippen LogP contribution in [0.1, 0.15) is 23.1 Å². The maximum atomic E-state index is 9.19. The molecule has 0 aliphatic carbocycles. The second kappa shape index (κ2) is 6.73. The Morgan fingerprint density at radius 2 is 1.85 bits per heavy atom. The summed E-state index contributed by atoms with van der Waals surface area (Å²) in [6.45, 7) is 2.06. The molecule has 2 aromatic rings. The SMILES string of the molecule is Cc1ccccc1CCC(=NO)c1cc(Cl)nc(Cl)c1. The summed E-state index contributed by atoms with van der Waals surface area (Å²) in [5.74, 6) is 0. The minimum Gasteiger partial charge on any atom is -0.411 e. The quantitative estimate of drug-likeness (QED) is 0.391. The lowest BCUT2D eigenvalue weighted by Gasteiger charge is -2.08. The first-order chi connectivity index (χ1) is 9.60. The summed E-state index contributed by atoms with van der Waals surface area (Å²) < 4.78 is 0. The van der Waals surface area contributed by atoms with Gasteiger partial charge < -0.3 is 5.21 Å². The van der Waals surface area contributed by atoms with Gasteiger partial charge in [-0.05, 0) is 43.0 Å². The van der Waals surface area contributed by atoms with Crippen molar-refractivity contribution in [3.05, 3.63) is 63.4 Å². The fraction of sp³-hybridized carbons (Fsp3) is 0.200. The lowest BCUT2D eigenvalue weighted by molar-refractivity contribution is 0.318. The summed E-state index contributed by atoms with van der Waals surface area (Å²) in [4.78, 5) is 3.88. The van der Waals surface area contributed by atoms with Crippen molar-refractivity contribution < 1.29 is 5.21 Å². The Balaban J connectivity index is 2.16. The number of rotatable bonds is 4. The smallest absolute Gasteiger partial charge is 0.131 e. The maximum absolute atomic E-state index is 9.19. The molecule has 0 unspecified atom stereocenters. The van der Waals surface area contributed by atoms with Gasteiger partial charge in [-0.3, -0.25) is 0 Å². The van der Waals surface area contributed by atoms with Crippen LogP contribution in [0.25, 0.3) is 0 Å². The van der Waals surface area contributed by atoms with Crippen LogP contribution < -0.4 is 0 Å². The summed E-state index contributed by atoms with van der Waals surface area (Å²) in [6, 6.07) is 11.4. The third-order valence-electron chi connectivity index (χ3n) is 3.11. The fourth-order valence-corrected chi connectivity index (χ4v) is 2.49. The number of hydrogen-bond acceptors (Lipinski definition) is 3. The van der Waals surface area contributed by atoms with E-state index in [1.165, 1.54) is 11.1 Å². The van der Waals surface area contributed by atoms with Gasteiger partial charge >= 0.3 is 0 Å². The molecule has 3 nitrogen and oxygen atoms in total. The van der Waals surface area contributed by atoms with Crippen LogP contribution >= 0.6 is 23.2 Å². The molecule has 0 bridgehead atoms. The van der Waals surface area contributed by atoms with Crippen molar-refractivity contribution >= 4 is 28.9 Å². The van der Waals surface area contributed by atoms with Crippen molar-refractivity contribution in [2.45, 2.75) is 19.8 Å². The average Bonchev–Trinajstić information content (AvgIpc) is 2.40. The van der Waals surface area contributed by atoms with E-state index in [-0.39, 0.29) is 10.3 Å². The molecule has 0 aliphatic rings. The average molecular weight is 309 g/mol. The molecule has 1 N–H and O–H groups in total. The third-order valence-corrected chi connectivity index (χ3v) is 3.50. The highest BCUT2D eigenvalue weighted by atomic mass is 35.5. The molecule has 0 fully saturated rings. The Labute approximate surface area is 127 Å². The van der Waals surface area contributed by atoms with Gasteiger partial charge in [0, 0.05) is 5.56 Å². The van der Waals surface area contributed by atoms with Crippen molar-refractivity contribution in [1.82, 2.24) is 4.98 Å².